The van der Waals surface area contributed by atoms with Crippen LogP contribution in [0.15, 0.2) is 0 Å². The summed E-state index contributed by atoms with van der Waals surface area (Å²) < 4.78 is 10.2. The van der Waals surface area contributed by atoms with Gasteiger partial charge >= 0.3 is 18.0 Å². The SMILES string of the molecule is CCCCOC(=O)[C@H](CCC(=O)ON1C(=O)CCC1=O)NC(=O)OC(C)(C)C. The zero-order valence-corrected chi connectivity index (χ0v) is 16.7. The Morgan fingerprint density at radius 2 is 1.75 bits per heavy atom. The number of nitrogens with zero attached hydrogens (tertiary/aromatic N) is 1. The molecule has 0 bridgehead atoms. The van der Waals surface area contributed by atoms with Gasteiger partial charge in [-0.25, -0.2) is 14.4 Å². The molecule has 1 aliphatic rings. The second-order valence-electron chi connectivity index (χ2n) is 7.30. The molecule has 0 aromatic heterocycles. The molecule has 0 saturated carbocycles. The van der Waals surface area contributed by atoms with Crippen molar-refractivity contribution in [2.24, 2.45) is 0 Å². The Morgan fingerprint density at radius 1 is 1.14 bits per heavy atom. The first-order valence-corrected chi connectivity index (χ1v) is 9.26. The van der Waals surface area contributed by atoms with Crippen LogP contribution in [-0.2, 0) is 33.5 Å². The Hall–Kier alpha value is -2.65. The zero-order valence-electron chi connectivity index (χ0n) is 16.7. The minimum absolute atomic E-state index is 0.0152. The molecular weight excluding hydrogens is 372 g/mol. The summed E-state index contributed by atoms with van der Waals surface area (Å²) in [6.07, 6.45) is 0.161. The molecule has 10 nitrogen and oxygen atoms in total. The highest BCUT2D eigenvalue weighted by Crippen LogP contribution is 2.14. The van der Waals surface area contributed by atoms with Gasteiger partial charge in [0.2, 0.25) is 0 Å². The Morgan fingerprint density at radius 3 is 2.29 bits per heavy atom. The van der Waals surface area contributed by atoms with Crippen LogP contribution in [0.1, 0.15) is 66.2 Å². The fraction of sp³-hybridized carbons (Fsp3) is 0.722. The van der Waals surface area contributed by atoms with Crippen molar-refractivity contribution in [2.75, 3.05) is 6.61 Å². The Bertz CT molecular complexity index is 595. The van der Waals surface area contributed by atoms with E-state index in [0.29, 0.717) is 11.5 Å². The number of rotatable bonds is 9. The number of esters is 1. The number of carbonyl (C=O) groups is 5. The van der Waals surface area contributed by atoms with Crippen LogP contribution in [-0.4, -0.2) is 53.2 Å². The fourth-order valence-electron chi connectivity index (χ4n) is 2.18. The van der Waals surface area contributed by atoms with Gasteiger partial charge in [0.05, 0.1) is 13.0 Å². The van der Waals surface area contributed by atoms with E-state index in [0.717, 1.165) is 6.42 Å². The van der Waals surface area contributed by atoms with E-state index in [1.807, 2.05) is 6.92 Å². The smallest absolute Gasteiger partial charge is 0.408 e. The van der Waals surface area contributed by atoms with E-state index >= 15 is 0 Å². The molecule has 0 spiro atoms. The lowest BCUT2D eigenvalue weighted by atomic mass is 10.1. The maximum absolute atomic E-state index is 12.2. The highest BCUT2D eigenvalue weighted by molar-refractivity contribution is 6.01. The van der Waals surface area contributed by atoms with Crippen LogP contribution in [0.2, 0.25) is 0 Å². The number of hydrogen-bond donors (Lipinski definition) is 1. The maximum atomic E-state index is 12.2. The lowest BCUT2D eigenvalue weighted by molar-refractivity contribution is -0.197. The van der Waals surface area contributed by atoms with Gasteiger partial charge in [-0.05, 0) is 33.6 Å². The molecule has 0 unspecified atom stereocenters. The van der Waals surface area contributed by atoms with Crippen LogP contribution in [0.5, 0.6) is 0 Å². The minimum Gasteiger partial charge on any atom is -0.464 e. The van der Waals surface area contributed by atoms with Gasteiger partial charge in [-0.3, -0.25) is 9.59 Å². The standard InChI is InChI=1S/C18H28N2O8/c1-5-6-11-26-16(24)12(19-17(25)27-18(2,3)4)7-10-15(23)28-20-13(21)8-9-14(20)22/h12H,5-11H2,1-4H3,(H,19,25)/t12-/m0/s1. The van der Waals surface area contributed by atoms with Crippen LogP contribution in [0.3, 0.4) is 0 Å². The minimum atomic E-state index is -1.13. The molecule has 0 aromatic carbocycles. The molecule has 1 saturated heterocycles. The largest absolute Gasteiger partial charge is 0.464 e. The van der Waals surface area contributed by atoms with Crippen LogP contribution < -0.4 is 5.32 Å². The molecule has 3 amide bonds. The zero-order chi connectivity index (χ0) is 21.3. The van der Waals surface area contributed by atoms with Crippen molar-refractivity contribution in [1.82, 2.24) is 10.4 Å². The predicted octanol–water partition coefficient (Wildman–Crippen LogP) is 1.61. The predicted molar refractivity (Wildman–Crippen MR) is 95.4 cm³/mol. The molecule has 0 aliphatic carbocycles. The van der Waals surface area contributed by atoms with Gasteiger partial charge in [0, 0.05) is 12.8 Å². The summed E-state index contributed by atoms with van der Waals surface area (Å²) in [4.78, 5) is 63.8. The van der Waals surface area contributed by atoms with Gasteiger partial charge in [-0.1, -0.05) is 13.3 Å². The van der Waals surface area contributed by atoms with Crippen molar-refractivity contribution in [3.63, 3.8) is 0 Å². The fourth-order valence-corrected chi connectivity index (χ4v) is 2.18. The first kappa shape index (κ1) is 23.4. The normalized spacial score (nSPS) is 15.2. The number of carbonyl (C=O) groups excluding carboxylic acids is 5. The summed E-state index contributed by atoms with van der Waals surface area (Å²) in [7, 11) is 0. The van der Waals surface area contributed by atoms with Crippen LogP contribution in [0.4, 0.5) is 4.79 Å². The Kier molecular flexibility index (Phi) is 8.87. The van der Waals surface area contributed by atoms with Gasteiger partial charge in [-0.2, -0.15) is 0 Å². The third-order valence-corrected chi connectivity index (χ3v) is 3.55. The first-order chi connectivity index (χ1) is 13.0. The molecule has 1 aliphatic heterocycles. The average Bonchev–Trinajstić information content (AvgIpc) is 2.89. The number of imide groups is 1. The molecule has 158 valence electrons. The van der Waals surface area contributed by atoms with Crippen LogP contribution in [0.25, 0.3) is 0 Å². The van der Waals surface area contributed by atoms with E-state index in [9.17, 15) is 24.0 Å². The monoisotopic (exact) mass is 400 g/mol. The van der Waals surface area contributed by atoms with E-state index in [2.05, 4.69) is 5.32 Å². The number of hydrogen-bond acceptors (Lipinski definition) is 8. The van der Waals surface area contributed by atoms with Gasteiger partial charge in [0.1, 0.15) is 11.6 Å². The number of amides is 3. The number of ether oxygens (including phenoxy) is 2. The lowest BCUT2D eigenvalue weighted by Gasteiger charge is -2.23. The lowest BCUT2D eigenvalue weighted by Crippen LogP contribution is -2.44. The molecule has 1 rings (SSSR count). The molecule has 10 heteroatoms. The maximum Gasteiger partial charge on any atom is 0.408 e. The van der Waals surface area contributed by atoms with Crippen LogP contribution >= 0.6 is 0 Å². The molecule has 1 N–H and O–H groups in total. The molecule has 1 fully saturated rings. The molecule has 0 aromatic rings. The van der Waals surface area contributed by atoms with E-state index in [1.54, 1.807) is 20.8 Å². The highest BCUT2D eigenvalue weighted by Gasteiger charge is 2.33. The molecule has 1 heterocycles. The van der Waals surface area contributed by atoms with Crippen molar-refractivity contribution >= 4 is 29.8 Å². The topological polar surface area (TPSA) is 128 Å². The molecular formula is C18H28N2O8. The summed E-state index contributed by atoms with van der Waals surface area (Å²) in [5.41, 5.74) is -0.768. The summed E-state index contributed by atoms with van der Waals surface area (Å²) >= 11 is 0. The second-order valence-corrected chi connectivity index (χ2v) is 7.30. The van der Waals surface area contributed by atoms with Crippen LogP contribution in [0, 0.1) is 0 Å². The molecule has 28 heavy (non-hydrogen) atoms. The summed E-state index contributed by atoms with van der Waals surface area (Å²) in [5.74, 6) is -2.78. The Labute approximate surface area is 163 Å². The van der Waals surface area contributed by atoms with E-state index in [1.165, 1.54) is 0 Å². The quantitative estimate of drug-likeness (QED) is 0.351. The highest BCUT2D eigenvalue weighted by atomic mass is 16.7. The third kappa shape index (κ3) is 8.36. The second kappa shape index (κ2) is 10.6. The summed E-state index contributed by atoms with van der Waals surface area (Å²) in [5, 5.41) is 2.80. The van der Waals surface area contributed by atoms with E-state index < -0.39 is 41.5 Å². The van der Waals surface area contributed by atoms with Crippen molar-refractivity contribution in [3.8, 4) is 0 Å². The van der Waals surface area contributed by atoms with Crippen molar-refractivity contribution in [2.45, 2.75) is 77.9 Å². The van der Waals surface area contributed by atoms with Crippen molar-refractivity contribution in [1.29, 1.82) is 0 Å². The number of alkyl carbamates (subject to hydrolysis) is 1. The average molecular weight is 400 g/mol. The number of nitrogens with one attached hydrogen (secondary N) is 1. The van der Waals surface area contributed by atoms with Crippen molar-refractivity contribution < 1.29 is 38.3 Å². The van der Waals surface area contributed by atoms with Gasteiger partial charge in [0.25, 0.3) is 11.8 Å². The molecule has 0 radical (unpaired) electrons. The third-order valence-electron chi connectivity index (χ3n) is 3.55. The van der Waals surface area contributed by atoms with E-state index in [4.69, 9.17) is 14.3 Å². The van der Waals surface area contributed by atoms with Gasteiger partial charge in [-0.15, -0.1) is 5.06 Å². The number of unbranched alkanes of at least 4 members (excludes halogenated alkanes) is 1. The summed E-state index contributed by atoms with van der Waals surface area (Å²) in [6.45, 7) is 7.12. The van der Waals surface area contributed by atoms with Gasteiger partial charge < -0.3 is 19.6 Å². The summed E-state index contributed by atoms with van der Waals surface area (Å²) in [6, 6.07) is -1.13. The molecule has 1 atom stereocenters. The Balaban J connectivity index is 2.63. The first-order valence-electron chi connectivity index (χ1n) is 9.26. The van der Waals surface area contributed by atoms with Crippen molar-refractivity contribution in [3.05, 3.63) is 0 Å². The van der Waals surface area contributed by atoms with Gasteiger partial charge in [0.15, 0.2) is 0 Å². The van der Waals surface area contributed by atoms with E-state index in [-0.39, 0.29) is 32.3 Å². The number of hydroxylamine groups is 2.